The summed E-state index contributed by atoms with van der Waals surface area (Å²) in [7, 11) is 0. The van der Waals surface area contributed by atoms with E-state index in [0.29, 0.717) is 13.0 Å². The minimum atomic E-state index is -0.833. The van der Waals surface area contributed by atoms with Crippen LogP contribution in [0, 0.1) is 19.8 Å². The zero-order valence-electron chi connectivity index (χ0n) is 12.1. The van der Waals surface area contributed by atoms with E-state index in [-0.39, 0.29) is 12.6 Å². The summed E-state index contributed by atoms with van der Waals surface area (Å²) >= 11 is 3.46. The second-order valence-corrected chi connectivity index (χ2v) is 6.35. The molecule has 1 fully saturated rings. The lowest BCUT2D eigenvalue weighted by Crippen LogP contribution is -2.44. The number of nitrogens with one attached hydrogen (secondary N) is 1. The summed E-state index contributed by atoms with van der Waals surface area (Å²) in [5.74, 6) is -1.30. The van der Waals surface area contributed by atoms with Crippen molar-refractivity contribution in [3.63, 3.8) is 0 Å². The Balaban J connectivity index is 2.10. The summed E-state index contributed by atoms with van der Waals surface area (Å²) in [5, 5.41) is 12.0. The first-order valence-corrected chi connectivity index (χ1v) is 7.73. The molecular weight excluding hydrogens is 336 g/mol. The highest BCUT2D eigenvalue weighted by Crippen LogP contribution is 2.28. The normalized spacial score (nSPS) is 18.4. The fourth-order valence-electron chi connectivity index (χ4n) is 2.62. The number of rotatable bonds is 2. The largest absolute Gasteiger partial charge is 0.481 e. The van der Waals surface area contributed by atoms with Crippen LogP contribution in [0.4, 0.5) is 10.5 Å². The highest BCUT2D eigenvalue weighted by Gasteiger charge is 2.28. The predicted octanol–water partition coefficient (Wildman–Crippen LogP) is 3.39. The second kappa shape index (κ2) is 6.47. The van der Waals surface area contributed by atoms with Crippen molar-refractivity contribution in [2.75, 3.05) is 18.4 Å². The van der Waals surface area contributed by atoms with E-state index in [1.807, 2.05) is 26.0 Å². The number of aliphatic carboxylic acids is 1. The Kier molecular flexibility index (Phi) is 4.88. The van der Waals surface area contributed by atoms with Gasteiger partial charge < -0.3 is 15.3 Å². The molecule has 0 radical (unpaired) electrons. The van der Waals surface area contributed by atoms with E-state index in [4.69, 9.17) is 5.11 Å². The van der Waals surface area contributed by atoms with Crippen molar-refractivity contribution in [2.24, 2.45) is 5.92 Å². The molecule has 6 heteroatoms. The van der Waals surface area contributed by atoms with Crippen molar-refractivity contribution in [3.05, 3.63) is 27.7 Å². The zero-order chi connectivity index (χ0) is 15.6. The number of amides is 2. The zero-order valence-corrected chi connectivity index (χ0v) is 13.7. The first-order valence-electron chi connectivity index (χ1n) is 6.94. The fourth-order valence-corrected chi connectivity index (χ4v) is 3.40. The van der Waals surface area contributed by atoms with Gasteiger partial charge in [0, 0.05) is 17.6 Å². The van der Waals surface area contributed by atoms with Crippen molar-refractivity contribution in [2.45, 2.75) is 26.7 Å². The van der Waals surface area contributed by atoms with Gasteiger partial charge in [-0.05, 0) is 59.8 Å². The molecule has 1 aromatic rings. The number of halogens is 1. The molecule has 1 aliphatic heterocycles. The maximum absolute atomic E-state index is 12.3. The molecule has 1 unspecified atom stereocenters. The number of carbonyl (C=O) groups is 2. The van der Waals surface area contributed by atoms with Gasteiger partial charge in [-0.2, -0.15) is 0 Å². The number of hydrogen-bond acceptors (Lipinski definition) is 2. The maximum Gasteiger partial charge on any atom is 0.321 e. The van der Waals surface area contributed by atoms with Gasteiger partial charge in [0.1, 0.15) is 0 Å². The number of carbonyl (C=O) groups excluding carboxylic acids is 1. The van der Waals surface area contributed by atoms with Crippen molar-refractivity contribution in [1.82, 2.24) is 4.90 Å². The van der Waals surface area contributed by atoms with Crippen LogP contribution in [0.2, 0.25) is 0 Å². The summed E-state index contributed by atoms with van der Waals surface area (Å²) in [6.07, 6.45) is 1.35. The van der Waals surface area contributed by atoms with Crippen LogP contribution < -0.4 is 5.32 Å². The Morgan fingerprint density at radius 1 is 1.38 bits per heavy atom. The molecular formula is C15H19BrN2O3. The first-order chi connectivity index (χ1) is 9.88. The molecule has 0 aliphatic carbocycles. The van der Waals surface area contributed by atoms with E-state index in [9.17, 15) is 9.59 Å². The number of nitrogens with zero attached hydrogens (tertiary/aromatic N) is 1. The summed E-state index contributed by atoms with van der Waals surface area (Å²) in [6.45, 7) is 4.79. The molecule has 5 nitrogen and oxygen atoms in total. The van der Waals surface area contributed by atoms with Crippen LogP contribution in [0.3, 0.4) is 0 Å². The van der Waals surface area contributed by atoms with Gasteiger partial charge in [0.25, 0.3) is 0 Å². The summed E-state index contributed by atoms with van der Waals surface area (Å²) in [4.78, 5) is 25.0. The lowest BCUT2D eigenvalue weighted by Gasteiger charge is -2.31. The van der Waals surface area contributed by atoms with E-state index in [0.717, 1.165) is 27.7 Å². The molecule has 2 N–H and O–H groups in total. The van der Waals surface area contributed by atoms with Crippen molar-refractivity contribution in [3.8, 4) is 0 Å². The van der Waals surface area contributed by atoms with Crippen LogP contribution in [0.1, 0.15) is 24.0 Å². The van der Waals surface area contributed by atoms with Crippen LogP contribution >= 0.6 is 15.9 Å². The Bertz CT molecular complexity index is 551. The smallest absolute Gasteiger partial charge is 0.321 e. The van der Waals surface area contributed by atoms with Crippen molar-refractivity contribution in [1.29, 1.82) is 0 Å². The van der Waals surface area contributed by atoms with Gasteiger partial charge in [-0.3, -0.25) is 4.79 Å². The van der Waals surface area contributed by atoms with E-state index in [2.05, 4.69) is 21.2 Å². The van der Waals surface area contributed by atoms with Crippen LogP contribution in [0.5, 0.6) is 0 Å². The van der Waals surface area contributed by atoms with Crippen molar-refractivity contribution >= 4 is 33.6 Å². The monoisotopic (exact) mass is 354 g/mol. The minimum absolute atomic E-state index is 0.242. The average molecular weight is 355 g/mol. The van der Waals surface area contributed by atoms with E-state index < -0.39 is 11.9 Å². The molecule has 1 saturated heterocycles. The average Bonchev–Trinajstić information content (AvgIpc) is 2.42. The lowest BCUT2D eigenvalue weighted by atomic mass is 9.99. The maximum atomic E-state index is 12.3. The van der Waals surface area contributed by atoms with E-state index in [1.54, 1.807) is 4.90 Å². The predicted molar refractivity (Wildman–Crippen MR) is 84.6 cm³/mol. The Hall–Kier alpha value is -1.56. The number of carboxylic acids is 1. The molecule has 2 amide bonds. The third-order valence-electron chi connectivity index (χ3n) is 3.72. The number of benzene rings is 1. The number of urea groups is 1. The lowest BCUT2D eigenvalue weighted by molar-refractivity contribution is -0.143. The molecule has 1 aromatic carbocycles. The molecule has 1 heterocycles. The molecule has 1 atom stereocenters. The molecule has 114 valence electrons. The summed E-state index contributed by atoms with van der Waals surface area (Å²) in [6, 6.07) is 3.70. The van der Waals surface area contributed by atoms with Gasteiger partial charge in [-0.1, -0.05) is 6.07 Å². The van der Waals surface area contributed by atoms with Gasteiger partial charge in [0.05, 0.1) is 11.6 Å². The van der Waals surface area contributed by atoms with Gasteiger partial charge >= 0.3 is 12.0 Å². The third kappa shape index (κ3) is 3.75. The Labute approximate surface area is 132 Å². The molecule has 1 aliphatic rings. The van der Waals surface area contributed by atoms with Crippen LogP contribution in [0.25, 0.3) is 0 Å². The number of piperidine rings is 1. The van der Waals surface area contributed by atoms with Gasteiger partial charge in [0.2, 0.25) is 0 Å². The number of carboxylic acid groups (broad SMARTS) is 1. The second-order valence-electron chi connectivity index (χ2n) is 5.49. The Morgan fingerprint density at radius 2 is 2.10 bits per heavy atom. The fraction of sp³-hybridized carbons (Fsp3) is 0.467. The van der Waals surface area contributed by atoms with Crippen LogP contribution in [-0.4, -0.2) is 35.1 Å². The SMILES string of the molecule is Cc1cc(C)c(NC(=O)N2CCCC(C(=O)O)C2)c(Br)c1. The number of hydrogen-bond donors (Lipinski definition) is 2. The quantitative estimate of drug-likeness (QED) is 0.854. The molecule has 0 spiro atoms. The summed E-state index contributed by atoms with van der Waals surface area (Å²) in [5.41, 5.74) is 2.83. The highest BCUT2D eigenvalue weighted by molar-refractivity contribution is 9.10. The molecule has 0 bridgehead atoms. The number of aryl methyl sites for hydroxylation is 2. The topological polar surface area (TPSA) is 69.6 Å². The first kappa shape index (κ1) is 15.8. The Morgan fingerprint density at radius 3 is 2.71 bits per heavy atom. The molecule has 21 heavy (non-hydrogen) atoms. The molecule has 0 saturated carbocycles. The van der Waals surface area contributed by atoms with Gasteiger partial charge in [-0.25, -0.2) is 4.79 Å². The molecule has 2 rings (SSSR count). The van der Waals surface area contributed by atoms with E-state index >= 15 is 0 Å². The summed E-state index contributed by atoms with van der Waals surface area (Å²) < 4.78 is 0.833. The third-order valence-corrected chi connectivity index (χ3v) is 4.35. The number of anilines is 1. The van der Waals surface area contributed by atoms with E-state index in [1.165, 1.54) is 0 Å². The van der Waals surface area contributed by atoms with Crippen LogP contribution in [0.15, 0.2) is 16.6 Å². The van der Waals surface area contributed by atoms with Gasteiger partial charge in [-0.15, -0.1) is 0 Å². The van der Waals surface area contributed by atoms with Gasteiger partial charge in [0.15, 0.2) is 0 Å². The van der Waals surface area contributed by atoms with Crippen LogP contribution in [-0.2, 0) is 4.79 Å². The number of likely N-dealkylation sites (tertiary alicyclic amines) is 1. The standard InChI is InChI=1S/C15H19BrN2O3/c1-9-6-10(2)13(12(16)7-9)17-15(21)18-5-3-4-11(8-18)14(19)20/h6-7,11H,3-5,8H2,1-2H3,(H,17,21)(H,19,20). The van der Waals surface area contributed by atoms with Crippen molar-refractivity contribution < 1.29 is 14.7 Å². The highest BCUT2D eigenvalue weighted by atomic mass is 79.9. The molecule has 0 aromatic heterocycles. The minimum Gasteiger partial charge on any atom is -0.481 e.